The first-order chi connectivity index (χ1) is 8.84. The number of fused-ring (bicyclic) bond motifs is 5. The Hall–Kier alpha value is -2.55. The zero-order chi connectivity index (χ0) is 12.1. The Morgan fingerprint density at radius 2 is 1.39 bits per heavy atom. The number of H-pyrrole nitrogens is 2. The first-order valence-electron chi connectivity index (χ1n) is 5.86. The van der Waals surface area contributed by atoms with Crippen LogP contribution in [0.4, 0.5) is 0 Å². The number of hydrogen-bond acceptors (Lipinski definition) is 1. The lowest BCUT2D eigenvalue weighted by molar-refractivity contribution is 1.30. The van der Waals surface area contributed by atoms with Gasteiger partial charge in [-0.05, 0) is 17.5 Å². The molecule has 3 heteroatoms. The van der Waals surface area contributed by atoms with Gasteiger partial charge in [-0.1, -0.05) is 36.4 Å². The Bertz CT molecular complexity index is 947. The molecule has 0 radical (unpaired) electrons. The molecule has 2 aromatic heterocycles. The molecule has 0 saturated carbocycles. The number of aromatic amines is 2. The summed E-state index contributed by atoms with van der Waals surface area (Å²) in [5.41, 5.74) is 1.78. The minimum absolute atomic E-state index is 0.0512. The maximum atomic E-state index is 12.0. The van der Waals surface area contributed by atoms with Crippen LogP contribution < -0.4 is 5.56 Å². The third-order valence-corrected chi connectivity index (χ3v) is 3.39. The van der Waals surface area contributed by atoms with Crippen molar-refractivity contribution in [3.05, 3.63) is 58.9 Å². The van der Waals surface area contributed by atoms with Crippen molar-refractivity contribution in [2.24, 2.45) is 0 Å². The van der Waals surface area contributed by atoms with E-state index in [1.807, 2.05) is 42.5 Å². The number of rotatable bonds is 0. The monoisotopic (exact) mass is 234 g/mol. The highest BCUT2D eigenvalue weighted by Gasteiger charge is 2.09. The molecule has 2 heterocycles. The van der Waals surface area contributed by atoms with Gasteiger partial charge in [0.2, 0.25) is 0 Å². The molecule has 0 aliphatic rings. The molecule has 0 saturated heterocycles. The summed E-state index contributed by atoms with van der Waals surface area (Å²) in [5.74, 6) is 0. The molecule has 0 amide bonds. The summed E-state index contributed by atoms with van der Waals surface area (Å²) in [6.45, 7) is 0. The molecule has 0 fully saturated rings. The van der Waals surface area contributed by atoms with E-state index in [-0.39, 0.29) is 5.56 Å². The molecule has 0 spiro atoms. The van der Waals surface area contributed by atoms with Gasteiger partial charge >= 0.3 is 0 Å². The summed E-state index contributed by atoms with van der Waals surface area (Å²) < 4.78 is 0. The average Bonchev–Trinajstić information content (AvgIpc) is 2.77. The van der Waals surface area contributed by atoms with E-state index >= 15 is 0 Å². The zero-order valence-electron chi connectivity index (χ0n) is 9.53. The Morgan fingerprint density at radius 3 is 2.22 bits per heavy atom. The third-order valence-electron chi connectivity index (χ3n) is 3.39. The second-order valence-corrected chi connectivity index (χ2v) is 4.42. The van der Waals surface area contributed by atoms with Crippen molar-refractivity contribution in [2.45, 2.75) is 0 Å². The maximum absolute atomic E-state index is 12.0. The molecule has 4 aromatic rings. The summed E-state index contributed by atoms with van der Waals surface area (Å²) in [6.07, 6.45) is 0. The fourth-order valence-corrected chi connectivity index (χ4v) is 2.60. The third kappa shape index (κ3) is 1.10. The second-order valence-electron chi connectivity index (χ2n) is 4.42. The van der Waals surface area contributed by atoms with Gasteiger partial charge in [-0.3, -0.25) is 4.79 Å². The van der Waals surface area contributed by atoms with Crippen LogP contribution in [0.1, 0.15) is 0 Å². The van der Waals surface area contributed by atoms with Gasteiger partial charge < -0.3 is 9.97 Å². The zero-order valence-corrected chi connectivity index (χ0v) is 9.53. The van der Waals surface area contributed by atoms with Gasteiger partial charge in [0.25, 0.3) is 5.56 Å². The molecular formula is C15H10N2O. The molecule has 3 nitrogen and oxygen atoms in total. The molecule has 4 rings (SSSR count). The van der Waals surface area contributed by atoms with Crippen molar-refractivity contribution >= 4 is 32.7 Å². The van der Waals surface area contributed by atoms with Crippen molar-refractivity contribution in [1.29, 1.82) is 0 Å². The Labute approximate surface area is 102 Å². The Balaban J connectivity index is 2.43. The van der Waals surface area contributed by atoms with Gasteiger partial charge in [-0.25, -0.2) is 0 Å². The molecule has 0 aliphatic heterocycles. The van der Waals surface area contributed by atoms with Crippen LogP contribution in [0, 0.1) is 0 Å². The van der Waals surface area contributed by atoms with E-state index in [1.165, 1.54) is 0 Å². The van der Waals surface area contributed by atoms with Crippen LogP contribution in [0.25, 0.3) is 32.7 Å². The van der Waals surface area contributed by atoms with Gasteiger partial charge in [0.05, 0.1) is 0 Å². The Morgan fingerprint density at radius 1 is 0.722 bits per heavy atom. The fourth-order valence-electron chi connectivity index (χ4n) is 2.60. The summed E-state index contributed by atoms with van der Waals surface area (Å²) in [4.78, 5) is 18.2. The summed E-state index contributed by atoms with van der Waals surface area (Å²) in [5, 5.41) is 3.95. The van der Waals surface area contributed by atoms with E-state index in [2.05, 4.69) is 16.0 Å². The number of para-hydroxylation sites is 1. The lowest BCUT2D eigenvalue weighted by Gasteiger charge is -1.99. The molecule has 0 atom stereocenters. The molecule has 0 aliphatic carbocycles. The molecule has 2 N–H and O–H groups in total. The van der Waals surface area contributed by atoms with Crippen LogP contribution in [-0.2, 0) is 0 Å². The van der Waals surface area contributed by atoms with Gasteiger partial charge in [-0.15, -0.1) is 0 Å². The minimum Gasteiger partial charge on any atom is -0.341 e. The molecule has 0 bridgehead atoms. The topological polar surface area (TPSA) is 48.6 Å². The van der Waals surface area contributed by atoms with Crippen LogP contribution in [0.2, 0.25) is 0 Å². The highest BCUT2D eigenvalue weighted by atomic mass is 16.1. The predicted molar refractivity (Wildman–Crippen MR) is 73.9 cm³/mol. The van der Waals surface area contributed by atoms with Crippen LogP contribution in [0.15, 0.2) is 53.3 Å². The number of benzene rings is 2. The molecule has 18 heavy (non-hydrogen) atoms. The summed E-state index contributed by atoms with van der Waals surface area (Å²) in [7, 11) is 0. The summed E-state index contributed by atoms with van der Waals surface area (Å²) in [6, 6.07) is 15.8. The maximum Gasteiger partial charge on any atom is 0.257 e. The van der Waals surface area contributed by atoms with Crippen LogP contribution in [0.5, 0.6) is 0 Å². The van der Waals surface area contributed by atoms with E-state index in [0.29, 0.717) is 0 Å². The van der Waals surface area contributed by atoms with E-state index in [4.69, 9.17) is 0 Å². The highest BCUT2D eigenvalue weighted by molar-refractivity contribution is 6.18. The van der Waals surface area contributed by atoms with E-state index < -0.39 is 0 Å². The Kier molecular flexibility index (Phi) is 1.70. The van der Waals surface area contributed by atoms with E-state index in [1.54, 1.807) is 0 Å². The van der Waals surface area contributed by atoms with Gasteiger partial charge in [-0.2, -0.15) is 0 Å². The quantitative estimate of drug-likeness (QED) is 0.482. The summed E-state index contributed by atoms with van der Waals surface area (Å²) >= 11 is 0. The van der Waals surface area contributed by atoms with Crippen LogP contribution >= 0.6 is 0 Å². The van der Waals surface area contributed by atoms with Gasteiger partial charge in [0, 0.05) is 21.7 Å². The molecule has 2 aromatic carbocycles. The molecular weight excluding hydrogens is 224 g/mol. The number of aromatic nitrogens is 2. The first kappa shape index (κ1) is 9.48. The van der Waals surface area contributed by atoms with Gasteiger partial charge in [0.1, 0.15) is 5.65 Å². The average molecular weight is 234 g/mol. The van der Waals surface area contributed by atoms with Crippen molar-refractivity contribution < 1.29 is 0 Å². The van der Waals surface area contributed by atoms with Crippen molar-refractivity contribution in [3.63, 3.8) is 0 Å². The standard InChI is InChI=1S/C15H10N2O/c18-15-10-6-2-1-5-9(10)13-11-7-3-4-8-12(11)16-14(13)17-15/h1-8H,(H2,16,17,18). The van der Waals surface area contributed by atoms with E-state index in [0.717, 1.165) is 32.7 Å². The van der Waals surface area contributed by atoms with Crippen molar-refractivity contribution in [2.75, 3.05) is 0 Å². The number of hydrogen-bond donors (Lipinski definition) is 2. The molecule has 0 unspecified atom stereocenters. The number of pyridine rings is 1. The van der Waals surface area contributed by atoms with E-state index in [9.17, 15) is 4.79 Å². The normalized spacial score (nSPS) is 11.6. The van der Waals surface area contributed by atoms with Crippen LogP contribution in [-0.4, -0.2) is 9.97 Å². The van der Waals surface area contributed by atoms with Gasteiger partial charge in [0.15, 0.2) is 0 Å². The molecule has 86 valence electrons. The highest BCUT2D eigenvalue weighted by Crippen LogP contribution is 2.28. The van der Waals surface area contributed by atoms with Crippen molar-refractivity contribution in [1.82, 2.24) is 9.97 Å². The fraction of sp³-hybridized carbons (Fsp3) is 0. The second kappa shape index (κ2) is 3.23. The lowest BCUT2D eigenvalue weighted by atomic mass is 10.1. The minimum atomic E-state index is -0.0512. The number of nitrogens with one attached hydrogen (secondary N) is 2. The lowest BCUT2D eigenvalue weighted by Crippen LogP contribution is -2.05. The smallest absolute Gasteiger partial charge is 0.257 e. The van der Waals surface area contributed by atoms with Crippen LogP contribution in [0.3, 0.4) is 0 Å². The predicted octanol–water partition coefficient (Wildman–Crippen LogP) is 3.16. The largest absolute Gasteiger partial charge is 0.341 e. The SMILES string of the molecule is O=c1[nH]c2[nH]c3ccccc3c2c2ccccc12. The first-order valence-corrected chi connectivity index (χ1v) is 5.86. The van der Waals surface area contributed by atoms with Crippen molar-refractivity contribution in [3.8, 4) is 0 Å².